The monoisotopic (exact) mass is 493 g/mol. The van der Waals surface area contributed by atoms with Crippen LogP contribution in [0, 0.1) is 5.82 Å². The highest BCUT2D eigenvalue weighted by Gasteiger charge is 2.41. The highest BCUT2D eigenvalue weighted by molar-refractivity contribution is 7.80. The first kappa shape index (κ1) is 20.6. The van der Waals surface area contributed by atoms with E-state index >= 15 is 0 Å². The van der Waals surface area contributed by atoms with Gasteiger partial charge in [0.15, 0.2) is 5.11 Å². The summed E-state index contributed by atoms with van der Waals surface area (Å²) in [5.74, 6) is -1.38. The summed E-state index contributed by atoms with van der Waals surface area (Å²) in [5.41, 5.74) is 7.14. The minimum atomic E-state index is -0.500. The molecule has 36 heavy (non-hydrogen) atoms. The SMILES string of the molecule is O=C1c2c(c3c4ccccc4[nH]c3c3[nH]c4ccccc4c23)C(=O)N1NC(=S)Nc1ccc(F)cc1. The normalized spacial score (nSPS) is 13.3. The number of aromatic amines is 2. The first-order valence-electron chi connectivity index (χ1n) is 11.2. The number of halogens is 1. The summed E-state index contributed by atoms with van der Waals surface area (Å²) >= 11 is 5.36. The van der Waals surface area contributed by atoms with E-state index in [4.69, 9.17) is 12.2 Å². The predicted molar refractivity (Wildman–Crippen MR) is 141 cm³/mol. The standard InChI is InChI=1S/C27H16FN5O2S/c28-13-9-11-14(12-10-13)29-27(36)32-33-25(34)21-19-15-5-1-3-7-17(15)30-23(19)24-20(22(21)26(33)35)16-6-2-4-8-18(16)31-24/h1-12,30-31H,(H2,29,32,36). The van der Waals surface area contributed by atoms with E-state index < -0.39 is 11.8 Å². The molecule has 1 aliphatic heterocycles. The Morgan fingerprint density at radius 1 is 0.750 bits per heavy atom. The van der Waals surface area contributed by atoms with Gasteiger partial charge in [-0.15, -0.1) is 0 Å². The average molecular weight is 494 g/mol. The van der Waals surface area contributed by atoms with Gasteiger partial charge in [0.05, 0.1) is 22.2 Å². The summed E-state index contributed by atoms with van der Waals surface area (Å²) in [6.07, 6.45) is 0. The van der Waals surface area contributed by atoms with Gasteiger partial charge in [-0.2, -0.15) is 5.01 Å². The summed E-state index contributed by atoms with van der Waals surface area (Å²) < 4.78 is 13.3. The van der Waals surface area contributed by atoms with Gasteiger partial charge in [0.1, 0.15) is 5.82 Å². The number of benzene rings is 4. The predicted octanol–water partition coefficient (Wildman–Crippen LogP) is 5.59. The van der Waals surface area contributed by atoms with Crippen molar-refractivity contribution in [3.63, 3.8) is 0 Å². The third kappa shape index (κ3) is 2.80. The molecule has 6 aromatic rings. The van der Waals surface area contributed by atoms with Gasteiger partial charge >= 0.3 is 0 Å². The van der Waals surface area contributed by atoms with Crippen molar-refractivity contribution in [2.45, 2.75) is 0 Å². The Bertz CT molecular complexity index is 1810. The average Bonchev–Trinajstić information content (AvgIpc) is 3.52. The molecule has 174 valence electrons. The summed E-state index contributed by atoms with van der Waals surface area (Å²) in [5, 5.41) is 6.90. The Morgan fingerprint density at radius 3 is 1.78 bits per heavy atom. The van der Waals surface area contributed by atoms with E-state index in [0.717, 1.165) is 37.8 Å². The fourth-order valence-electron chi connectivity index (χ4n) is 5.07. The second-order valence-corrected chi connectivity index (χ2v) is 9.02. The van der Waals surface area contributed by atoms with Crippen LogP contribution in [0.2, 0.25) is 0 Å². The molecule has 0 radical (unpaired) electrons. The van der Waals surface area contributed by atoms with E-state index in [2.05, 4.69) is 20.7 Å². The Morgan fingerprint density at radius 2 is 1.25 bits per heavy atom. The van der Waals surface area contributed by atoms with E-state index in [1.54, 1.807) is 0 Å². The highest BCUT2D eigenvalue weighted by atomic mass is 32.1. The number of rotatable bonds is 2. The number of imide groups is 1. The number of carbonyl (C=O) groups excluding carboxylic acids is 2. The zero-order valence-corrected chi connectivity index (χ0v) is 19.3. The van der Waals surface area contributed by atoms with Crippen LogP contribution in [0.15, 0.2) is 72.8 Å². The molecule has 0 unspecified atom stereocenters. The number of anilines is 1. The zero-order valence-electron chi connectivity index (χ0n) is 18.5. The number of thiocarbonyl (C=S) groups is 1. The van der Waals surface area contributed by atoms with Crippen LogP contribution in [0.5, 0.6) is 0 Å². The number of amides is 2. The van der Waals surface area contributed by atoms with Crippen molar-refractivity contribution in [3.8, 4) is 0 Å². The Kier molecular flexibility index (Phi) is 4.22. The van der Waals surface area contributed by atoms with E-state index in [1.807, 2.05) is 48.5 Å². The number of para-hydroxylation sites is 2. The van der Waals surface area contributed by atoms with E-state index in [-0.39, 0.29) is 10.9 Å². The van der Waals surface area contributed by atoms with Crippen molar-refractivity contribution >= 4 is 78.4 Å². The van der Waals surface area contributed by atoms with Crippen molar-refractivity contribution in [3.05, 3.63) is 89.7 Å². The van der Waals surface area contributed by atoms with Gasteiger partial charge in [-0.3, -0.25) is 15.0 Å². The number of nitrogens with one attached hydrogen (secondary N) is 4. The largest absolute Gasteiger partial charge is 0.353 e. The van der Waals surface area contributed by atoms with Gasteiger partial charge in [0.2, 0.25) is 0 Å². The second kappa shape index (κ2) is 7.37. The topological polar surface area (TPSA) is 93.0 Å². The molecule has 0 saturated heterocycles. The summed E-state index contributed by atoms with van der Waals surface area (Å²) in [6, 6.07) is 21.0. The number of carbonyl (C=O) groups is 2. The van der Waals surface area contributed by atoms with Crippen LogP contribution < -0.4 is 10.7 Å². The number of aromatic nitrogens is 2. The first-order valence-corrected chi connectivity index (χ1v) is 11.6. The van der Waals surface area contributed by atoms with Gasteiger partial charge in [-0.05, 0) is 48.6 Å². The molecule has 0 spiro atoms. The van der Waals surface area contributed by atoms with Crippen LogP contribution >= 0.6 is 12.2 Å². The molecule has 0 saturated carbocycles. The third-order valence-electron chi connectivity index (χ3n) is 6.56. The molecule has 0 bridgehead atoms. The van der Waals surface area contributed by atoms with Crippen molar-refractivity contribution in [1.82, 2.24) is 20.4 Å². The Balaban J connectivity index is 1.43. The summed E-state index contributed by atoms with van der Waals surface area (Å²) in [7, 11) is 0. The van der Waals surface area contributed by atoms with E-state index in [9.17, 15) is 14.0 Å². The second-order valence-electron chi connectivity index (χ2n) is 8.61. The van der Waals surface area contributed by atoms with Crippen molar-refractivity contribution in [2.24, 2.45) is 0 Å². The molecule has 0 aliphatic carbocycles. The van der Waals surface area contributed by atoms with Crippen LogP contribution in [-0.2, 0) is 0 Å². The molecule has 3 heterocycles. The lowest BCUT2D eigenvalue weighted by atomic mass is 9.97. The first-order chi connectivity index (χ1) is 17.5. The van der Waals surface area contributed by atoms with E-state index in [1.165, 1.54) is 24.3 Å². The molecule has 4 aromatic carbocycles. The minimum Gasteiger partial charge on any atom is -0.353 e. The Hall–Kier alpha value is -4.76. The number of hydrazine groups is 1. The maximum absolute atomic E-state index is 13.8. The minimum absolute atomic E-state index is 0.0291. The molecule has 4 N–H and O–H groups in total. The molecule has 7 nitrogen and oxygen atoms in total. The quantitative estimate of drug-likeness (QED) is 0.186. The lowest BCUT2D eigenvalue weighted by Gasteiger charge is -2.18. The van der Waals surface area contributed by atoms with E-state index in [0.29, 0.717) is 27.6 Å². The number of fused-ring (bicyclic) bond motifs is 10. The smallest absolute Gasteiger partial charge is 0.281 e. The number of hydrogen-bond donors (Lipinski definition) is 4. The molecule has 7 rings (SSSR count). The Labute approximate surface area is 207 Å². The van der Waals surface area contributed by atoms with Crippen LogP contribution in [0.1, 0.15) is 20.7 Å². The zero-order chi connectivity index (χ0) is 24.6. The summed E-state index contributed by atoms with van der Waals surface area (Å²) in [4.78, 5) is 34.4. The molecule has 1 aliphatic rings. The fraction of sp³-hybridized carbons (Fsp3) is 0. The summed E-state index contributed by atoms with van der Waals surface area (Å²) in [6.45, 7) is 0. The van der Waals surface area contributed by atoms with Gasteiger partial charge in [0, 0.05) is 38.3 Å². The molecule has 9 heteroatoms. The van der Waals surface area contributed by atoms with Gasteiger partial charge < -0.3 is 15.3 Å². The van der Waals surface area contributed by atoms with Crippen LogP contribution in [-0.4, -0.2) is 31.9 Å². The van der Waals surface area contributed by atoms with Gasteiger partial charge in [-0.25, -0.2) is 4.39 Å². The van der Waals surface area contributed by atoms with Crippen molar-refractivity contribution < 1.29 is 14.0 Å². The van der Waals surface area contributed by atoms with Crippen LogP contribution in [0.3, 0.4) is 0 Å². The van der Waals surface area contributed by atoms with Crippen LogP contribution in [0.4, 0.5) is 10.1 Å². The maximum Gasteiger partial charge on any atom is 0.281 e. The lowest BCUT2D eigenvalue weighted by molar-refractivity contribution is 0.0614. The number of hydrogen-bond acceptors (Lipinski definition) is 3. The van der Waals surface area contributed by atoms with Crippen molar-refractivity contribution in [1.29, 1.82) is 0 Å². The van der Waals surface area contributed by atoms with Crippen molar-refractivity contribution in [2.75, 3.05) is 5.32 Å². The lowest BCUT2D eigenvalue weighted by Crippen LogP contribution is -2.47. The highest BCUT2D eigenvalue weighted by Crippen LogP contribution is 2.43. The maximum atomic E-state index is 13.8. The number of H-pyrrole nitrogens is 2. The van der Waals surface area contributed by atoms with Gasteiger partial charge in [0.25, 0.3) is 11.8 Å². The number of nitrogens with zero attached hydrogens (tertiary/aromatic N) is 1. The van der Waals surface area contributed by atoms with Gasteiger partial charge in [-0.1, -0.05) is 36.4 Å². The molecular weight excluding hydrogens is 477 g/mol. The van der Waals surface area contributed by atoms with Crippen LogP contribution in [0.25, 0.3) is 43.6 Å². The molecular formula is C27H16FN5O2S. The molecule has 2 aromatic heterocycles. The molecule has 0 fully saturated rings. The fourth-order valence-corrected chi connectivity index (χ4v) is 5.28. The molecule has 2 amide bonds. The third-order valence-corrected chi connectivity index (χ3v) is 6.75. The molecule has 0 atom stereocenters.